The Bertz CT molecular complexity index is 501. The van der Waals surface area contributed by atoms with Crippen LogP contribution in [0.25, 0.3) is 0 Å². The fourth-order valence-electron chi connectivity index (χ4n) is 6.04. The van der Waals surface area contributed by atoms with Crippen molar-refractivity contribution in [1.29, 1.82) is 0 Å². The monoisotopic (exact) mass is 584 g/mol. The first-order valence-corrected chi connectivity index (χ1v) is 18.4. The third-order valence-electron chi connectivity index (χ3n) is 8.80. The van der Waals surface area contributed by atoms with Gasteiger partial charge in [0.05, 0.1) is 5.41 Å². The molecule has 0 spiro atoms. The standard InChI is InChI=1S/C32H68BNO3.C4H9/c1-8-15-21-22-24-30(23-14-7)31(25-16-9-2,26-17-10-3)32(34,27-18-11-4)37-33(35-28-19-12-5)36-29-20-13-6;1-3-4-2/h30H,8-29,34H2,1-7H3;1,3-4H2,2H3/q;-1/p+1. The molecule has 0 radical (unpaired) electrons. The Balaban J connectivity index is 0. The highest BCUT2D eigenvalue weighted by Crippen LogP contribution is 2.52. The lowest BCUT2D eigenvalue weighted by atomic mass is 9.58. The van der Waals surface area contributed by atoms with Crippen LogP contribution in [-0.2, 0) is 14.0 Å². The minimum absolute atomic E-state index is 0.0525. The molecule has 0 saturated carbocycles. The van der Waals surface area contributed by atoms with Gasteiger partial charge in [0.25, 0.3) is 0 Å². The second-order valence-electron chi connectivity index (χ2n) is 12.5. The summed E-state index contributed by atoms with van der Waals surface area (Å²) >= 11 is 0. The van der Waals surface area contributed by atoms with E-state index in [9.17, 15) is 0 Å². The SMILES string of the molecule is CCCCCCC(CCC)C(CCCC)(CCCC)C([NH3+])(CCCC)OB(OCCCC)OCCCC.[CH2-]CCC. The molecule has 0 aliphatic carbocycles. The van der Waals surface area contributed by atoms with Gasteiger partial charge in [-0.25, -0.2) is 0 Å². The minimum atomic E-state index is -0.613. The Kier molecular flexibility index (Phi) is 31.4. The summed E-state index contributed by atoms with van der Waals surface area (Å²) in [4.78, 5) is 0. The second kappa shape index (κ2) is 30.0. The summed E-state index contributed by atoms with van der Waals surface area (Å²) in [6.45, 7) is 23.1. The fourth-order valence-corrected chi connectivity index (χ4v) is 6.04. The largest absolute Gasteiger partial charge is 0.643 e. The van der Waals surface area contributed by atoms with Crippen LogP contribution in [0.15, 0.2) is 0 Å². The summed E-state index contributed by atoms with van der Waals surface area (Å²) in [6.07, 6.45) is 26.3. The highest BCUT2D eigenvalue weighted by atomic mass is 16.7. The molecule has 0 fully saturated rings. The summed E-state index contributed by atoms with van der Waals surface area (Å²) in [5.74, 6) is 0.633. The molecule has 0 aliphatic rings. The average Bonchev–Trinajstić information content (AvgIpc) is 2.98. The molecule has 0 amide bonds. The van der Waals surface area contributed by atoms with E-state index < -0.39 is 13.0 Å². The molecule has 2 atom stereocenters. The van der Waals surface area contributed by atoms with E-state index in [0.29, 0.717) is 19.1 Å². The van der Waals surface area contributed by atoms with Crippen molar-refractivity contribution in [2.24, 2.45) is 11.3 Å². The van der Waals surface area contributed by atoms with Gasteiger partial charge in [-0.3, -0.25) is 0 Å². The summed E-state index contributed by atoms with van der Waals surface area (Å²) < 4.78 is 19.6. The molecule has 3 N–H and O–H groups in total. The van der Waals surface area contributed by atoms with Gasteiger partial charge < -0.3 is 26.6 Å². The maximum atomic E-state index is 7.09. The van der Waals surface area contributed by atoms with E-state index in [2.05, 4.69) is 62.3 Å². The van der Waals surface area contributed by atoms with Crippen molar-refractivity contribution < 1.29 is 19.7 Å². The lowest BCUT2D eigenvalue weighted by Gasteiger charge is -2.51. The zero-order valence-corrected chi connectivity index (χ0v) is 29.8. The number of unbranched alkanes of at least 4 members (excludes halogenated alkanes) is 9. The van der Waals surface area contributed by atoms with Crippen molar-refractivity contribution in [1.82, 2.24) is 0 Å². The van der Waals surface area contributed by atoms with E-state index in [1.54, 1.807) is 0 Å². The van der Waals surface area contributed by atoms with Crippen molar-refractivity contribution >= 4 is 7.32 Å². The van der Waals surface area contributed by atoms with Crippen LogP contribution in [0.3, 0.4) is 0 Å². The number of rotatable bonds is 29. The average molecular weight is 584 g/mol. The van der Waals surface area contributed by atoms with E-state index in [0.717, 1.165) is 51.4 Å². The normalized spacial score (nSPS) is 13.9. The van der Waals surface area contributed by atoms with Crippen LogP contribution < -0.4 is 5.73 Å². The van der Waals surface area contributed by atoms with Crippen molar-refractivity contribution in [3.63, 3.8) is 0 Å². The zero-order chi connectivity index (χ0) is 31.2. The zero-order valence-electron chi connectivity index (χ0n) is 29.8. The molecule has 0 rings (SSSR count). The molecule has 0 aromatic rings. The second-order valence-corrected chi connectivity index (χ2v) is 12.5. The van der Waals surface area contributed by atoms with Crippen LogP contribution >= 0.6 is 0 Å². The first kappa shape index (κ1) is 43.0. The van der Waals surface area contributed by atoms with Crippen LogP contribution in [-0.4, -0.2) is 26.3 Å². The molecule has 0 aromatic carbocycles. The molecule has 5 heteroatoms. The topological polar surface area (TPSA) is 55.3 Å². The molecule has 4 nitrogen and oxygen atoms in total. The summed E-state index contributed by atoms with van der Waals surface area (Å²) in [7, 11) is -0.613. The molecule has 248 valence electrons. The van der Waals surface area contributed by atoms with E-state index in [-0.39, 0.29) is 5.41 Å². The number of hydrogen-bond acceptors (Lipinski definition) is 3. The molecule has 2 unspecified atom stereocenters. The van der Waals surface area contributed by atoms with Gasteiger partial charge in [0.2, 0.25) is 0 Å². The van der Waals surface area contributed by atoms with Crippen molar-refractivity contribution in [2.75, 3.05) is 13.2 Å². The van der Waals surface area contributed by atoms with Gasteiger partial charge in [-0.15, -0.1) is 0 Å². The van der Waals surface area contributed by atoms with E-state index >= 15 is 0 Å². The molecule has 41 heavy (non-hydrogen) atoms. The first-order valence-electron chi connectivity index (χ1n) is 18.4. The minimum Gasteiger partial charge on any atom is -0.386 e. The van der Waals surface area contributed by atoms with E-state index in [1.165, 1.54) is 89.9 Å². The Labute approximate surface area is 260 Å². The van der Waals surface area contributed by atoms with Crippen LogP contribution in [0.4, 0.5) is 0 Å². The van der Waals surface area contributed by atoms with Crippen molar-refractivity contribution in [3.8, 4) is 0 Å². The van der Waals surface area contributed by atoms with Crippen LogP contribution in [0.5, 0.6) is 0 Å². The van der Waals surface area contributed by atoms with Gasteiger partial charge in [-0.05, 0) is 50.9 Å². The molecule has 0 aromatic heterocycles. The smallest absolute Gasteiger partial charge is 0.386 e. The van der Waals surface area contributed by atoms with Gasteiger partial charge in [-0.1, -0.05) is 139 Å². The maximum Gasteiger partial charge on any atom is 0.643 e. The van der Waals surface area contributed by atoms with Crippen molar-refractivity contribution in [2.45, 2.75) is 202 Å². The van der Waals surface area contributed by atoms with Gasteiger partial charge in [-0.2, -0.15) is 6.42 Å². The van der Waals surface area contributed by atoms with Gasteiger partial charge >= 0.3 is 7.32 Å². The highest BCUT2D eigenvalue weighted by Gasteiger charge is 2.57. The van der Waals surface area contributed by atoms with Crippen LogP contribution in [0, 0.1) is 18.3 Å². The van der Waals surface area contributed by atoms with Gasteiger partial charge in [0.1, 0.15) is 0 Å². The van der Waals surface area contributed by atoms with Crippen LogP contribution in [0.2, 0.25) is 0 Å². The van der Waals surface area contributed by atoms with Gasteiger partial charge in [0.15, 0.2) is 5.72 Å². The van der Waals surface area contributed by atoms with Crippen LogP contribution in [0.1, 0.15) is 197 Å². The predicted molar refractivity (Wildman–Crippen MR) is 183 cm³/mol. The van der Waals surface area contributed by atoms with E-state index in [1.807, 2.05) is 0 Å². The Morgan fingerprint density at radius 3 is 1.44 bits per heavy atom. The van der Waals surface area contributed by atoms with Gasteiger partial charge in [0, 0.05) is 19.6 Å². The molecule has 0 heterocycles. The molecular weight excluding hydrogens is 505 g/mol. The van der Waals surface area contributed by atoms with Crippen molar-refractivity contribution in [3.05, 3.63) is 6.92 Å². The third-order valence-corrected chi connectivity index (χ3v) is 8.80. The Morgan fingerprint density at radius 1 is 0.561 bits per heavy atom. The fraction of sp³-hybridized carbons (Fsp3) is 0.972. The Morgan fingerprint density at radius 2 is 1.02 bits per heavy atom. The first-order chi connectivity index (χ1) is 19.9. The molecular formula is C36H78BNO3. The third kappa shape index (κ3) is 19.0. The predicted octanol–water partition coefficient (Wildman–Crippen LogP) is 11.1. The number of hydrogen-bond donors (Lipinski definition) is 1. The summed E-state index contributed by atoms with van der Waals surface area (Å²) in [5.41, 5.74) is 4.60. The maximum absolute atomic E-state index is 7.09. The molecule has 0 bridgehead atoms. The lowest BCUT2D eigenvalue weighted by molar-refractivity contribution is -0.581. The Hall–Kier alpha value is -0.0951. The van der Waals surface area contributed by atoms with E-state index in [4.69, 9.17) is 19.7 Å². The summed E-state index contributed by atoms with van der Waals surface area (Å²) in [5, 5.41) is 0. The quantitative estimate of drug-likeness (QED) is 0.0412. The summed E-state index contributed by atoms with van der Waals surface area (Å²) in [6, 6.07) is 0. The highest BCUT2D eigenvalue weighted by molar-refractivity contribution is 6.36. The molecule has 0 saturated heterocycles. The number of quaternary nitrogens is 1. The lowest BCUT2D eigenvalue weighted by Crippen LogP contribution is -2.83. The molecule has 0 aliphatic heterocycles.